The standard InChI is InChI=1S/C24H32FN9O2/c1-24(2,3)15-4-5-18(26-12-15)30-23(35)29-17-6-7-34(13-16(17)25)22-31-19-20(32-22)27-14-28-21(19)33-8-10-36-11-9-33/h4-5,12,14,16-17H,6-11,13H2,1-3H3,(H2,26,29,30,35)(H,27,28,31,32). The minimum Gasteiger partial charge on any atom is -0.378 e. The fourth-order valence-corrected chi connectivity index (χ4v) is 4.46. The van der Waals surface area contributed by atoms with Gasteiger partial charge in [-0.3, -0.25) is 5.32 Å². The minimum atomic E-state index is -1.27. The summed E-state index contributed by atoms with van der Waals surface area (Å²) in [6, 6.07) is 2.61. The molecule has 2 aliphatic heterocycles. The van der Waals surface area contributed by atoms with Crippen LogP contribution >= 0.6 is 0 Å². The van der Waals surface area contributed by atoms with Crippen LogP contribution in [0.3, 0.4) is 0 Å². The van der Waals surface area contributed by atoms with Crippen LogP contribution in [-0.4, -0.2) is 82.6 Å². The zero-order valence-electron chi connectivity index (χ0n) is 20.8. The number of anilines is 3. The highest BCUT2D eigenvalue weighted by Crippen LogP contribution is 2.27. The summed E-state index contributed by atoms with van der Waals surface area (Å²) in [5.41, 5.74) is 2.31. The molecule has 3 aromatic rings. The number of ether oxygens (including phenoxy) is 1. The Balaban J connectivity index is 1.20. The maximum absolute atomic E-state index is 15.1. The molecule has 2 fully saturated rings. The summed E-state index contributed by atoms with van der Waals surface area (Å²) in [5, 5.41) is 5.45. The Kier molecular flexibility index (Phi) is 6.61. The molecule has 0 aliphatic carbocycles. The van der Waals surface area contributed by atoms with E-state index in [1.165, 1.54) is 6.33 Å². The summed E-state index contributed by atoms with van der Waals surface area (Å²) in [7, 11) is 0. The number of alkyl halides is 1. The Bertz CT molecular complexity index is 1200. The van der Waals surface area contributed by atoms with Crippen LogP contribution in [-0.2, 0) is 10.2 Å². The molecule has 0 radical (unpaired) electrons. The molecular weight excluding hydrogens is 465 g/mol. The number of H-pyrrole nitrogens is 1. The van der Waals surface area contributed by atoms with Crippen molar-refractivity contribution < 1.29 is 13.9 Å². The zero-order chi connectivity index (χ0) is 25.3. The number of aromatic amines is 1. The van der Waals surface area contributed by atoms with Gasteiger partial charge in [0.1, 0.15) is 23.8 Å². The molecule has 2 atom stereocenters. The largest absolute Gasteiger partial charge is 0.378 e. The Morgan fingerprint density at radius 2 is 1.94 bits per heavy atom. The number of fused-ring (bicyclic) bond motifs is 1. The van der Waals surface area contributed by atoms with Gasteiger partial charge in [0, 0.05) is 25.8 Å². The average molecular weight is 498 g/mol. The molecule has 0 saturated carbocycles. The molecule has 192 valence electrons. The predicted octanol–water partition coefficient (Wildman–Crippen LogP) is 2.62. The number of rotatable bonds is 4. The van der Waals surface area contributed by atoms with Crippen molar-refractivity contribution in [1.29, 1.82) is 0 Å². The number of hydrogen-bond acceptors (Lipinski definition) is 8. The van der Waals surface area contributed by atoms with E-state index in [9.17, 15) is 4.79 Å². The third-order valence-electron chi connectivity index (χ3n) is 6.60. The zero-order valence-corrected chi connectivity index (χ0v) is 20.8. The van der Waals surface area contributed by atoms with Gasteiger partial charge in [-0.05, 0) is 23.5 Å². The first-order chi connectivity index (χ1) is 17.3. The maximum atomic E-state index is 15.1. The van der Waals surface area contributed by atoms with Crippen molar-refractivity contribution in [1.82, 2.24) is 30.2 Å². The lowest BCUT2D eigenvalue weighted by Gasteiger charge is -2.34. The van der Waals surface area contributed by atoms with E-state index in [2.05, 4.69) is 61.2 Å². The number of amides is 2. The van der Waals surface area contributed by atoms with Crippen molar-refractivity contribution in [3.05, 3.63) is 30.2 Å². The summed E-state index contributed by atoms with van der Waals surface area (Å²) in [6.07, 6.45) is 2.41. The SMILES string of the molecule is CC(C)(C)c1ccc(NC(=O)NC2CCN(c3nc4ncnc(N5CCOCC5)c4[nH]3)CC2F)nc1. The van der Waals surface area contributed by atoms with Crippen LogP contribution in [0.2, 0.25) is 0 Å². The molecule has 3 N–H and O–H groups in total. The van der Waals surface area contributed by atoms with Gasteiger partial charge in [0.05, 0.1) is 25.8 Å². The molecule has 5 heterocycles. The number of hydrogen-bond donors (Lipinski definition) is 3. The summed E-state index contributed by atoms with van der Waals surface area (Å²) < 4.78 is 20.5. The lowest BCUT2D eigenvalue weighted by Crippen LogP contribution is -2.53. The van der Waals surface area contributed by atoms with Crippen molar-refractivity contribution in [2.45, 2.75) is 44.8 Å². The number of nitrogens with zero attached hydrogens (tertiary/aromatic N) is 6. The molecule has 11 nitrogen and oxygen atoms in total. The van der Waals surface area contributed by atoms with Gasteiger partial charge in [-0.1, -0.05) is 26.8 Å². The van der Waals surface area contributed by atoms with Gasteiger partial charge < -0.3 is 24.8 Å². The Morgan fingerprint density at radius 3 is 2.64 bits per heavy atom. The molecule has 0 aromatic carbocycles. The normalized spacial score (nSPS) is 21.0. The van der Waals surface area contributed by atoms with Crippen LogP contribution in [0.1, 0.15) is 32.8 Å². The number of carbonyl (C=O) groups excluding carboxylic acids is 1. The van der Waals surface area contributed by atoms with E-state index in [-0.39, 0.29) is 12.0 Å². The molecule has 3 aromatic heterocycles. The fourth-order valence-electron chi connectivity index (χ4n) is 4.46. The van der Waals surface area contributed by atoms with Gasteiger partial charge in [-0.15, -0.1) is 0 Å². The van der Waals surface area contributed by atoms with E-state index < -0.39 is 18.2 Å². The first kappa shape index (κ1) is 24.2. The molecular formula is C24H32FN9O2. The fraction of sp³-hybridized carbons (Fsp3) is 0.542. The lowest BCUT2D eigenvalue weighted by atomic mass is 9.88. The lowest BCUT2D eigenvalue weighted by molar-refractivity contribution is 0.122. The van der Waals surface area contributed by atoms with E-state index in [0.717, 1.165) is 30.0 Å². The highest BCUT2D eigenvalue weighted by atomic mass is 19.1. The topological polar surface area (TPSA) is 124 Å². The maximum Gasteiger partial charge on any atom is 0.320 e. The smallest absolute Gasteiger partial charge is 0.320 e. The Morgan fingerprint density at radius 1 is 1.14 bits per heavy atom. The van der Waals surface area contributed by atoms with Crippen molar-refractivity contribution in [3.8, 4) is 0 Å². The van der Waals surface area contributed by atoms with Gasteiger partial charge in [0.2, 0.25) is 5.95 Å². The molecule has 0 spiro atoms. The summed E-state index contributed by atoms with van der Waals surface area (Å²) >= 11 is 0. The highest BCUT2D eigenvalue weighted by Gasteiger charge is 2.32. The molecule has 2 unspecified atom stereocenters. The summed E-state index contributed by atoms with van der Waals surface area (Å²) in [4.78, 5) is 37.3. The van der Waals surface area contributed by atoms with Gasteiger partial charge in [-0.2, -0.15) is 4.98 Å². The first-order valence-electron chi connectivity index (χ1n) is 12.2. The van der Waals surface area contributed by atoms with Crippen LogP contribution in [0.5, 0.6) is 0 Å². The molecule has 12 heteroatoms. The van der Waals surface area contributed by atoms with E-state index >= 15 is 4.39 Å². The third-order valence-corrected chi connectivity index (χ3v) is 6.60. The van der Waals surface area contributed by atoms with E-state index in [4.69, 9.17) is 4.74 Å². The highest BCUT2D eigenvalue weighted by molar-refractivity contribution is 5.88. The quantitative estimate of drug-likeness (QED) is 0.503. The molecule has 36 heavy (non-hydrogen) atoms. The van der Waals surface area contributed by atoms with Crippen LogP contribution < -0.4 is 20.4 Å². The molecule has 2 saturated heterocycles. The second-order valence-corrected chi connectivity index (χ2v) is 10.2. The molecule has 2 amide bonds. The third kappa shape index (κ3) is 5.18. The number of urea groups is 1. The number of halogens is 1. The molecule has 5 rings (SSSR count). The number of carbonyl (C=O) groups is 1. The van der Waals surface area contributed by atoms with Gasteiger partial charge in [-0.25, -0.2) is 24.1 Å². The van der Waals surface area contributed by atoms with Crippen molar-refractivity contribution in [2.75, 3.05) is 54.5 Å². The number of piperidine rings is 1. The van der Waals surface area contributed by atoms with E-state index in [1.807, 2.05) is 11.0 Å². The van der Waals surface area contributed by atoms with Crippen molar-refractivity contribution >= 4 is 34.8 Å². The Hall–Kier alpha value is -3.54. The van der Waals surface area contributed by atoms with E-state index in [0.29, 0.717) is 43.6 Å². The number of aromatic nitrogens is 5. The Labute approximate surface area is 208 Å². The summed E-state index contributed by atoms with van der Waals surface area (Å²) in [5.74, 6) is 1.75. The summed E-state index contributed by atoms with van der Waals surface area (Å²) in [6.45, 7) is 9.68. The number of pyridine rings is 1. The predicted molar refractivity (Wildman–Crippen MR) is 135 cm³/mol. The minimum absolute atomic E-state index is 0.0281. The van der Waals surface area contributed by atoms with Gasteiger partial charge in [0.25, 0.3) is 0 Å². The van der Waals surface area contributed by atoms with Crippen LogP contribution in [0.4, 0.5) is 26.8 Å². The van der Waals surface area contributed by atoms with Crippen LogP contribution in [0.15, 0.2) is 24.7 Å². The number of imidazole rings is 1. The van der Waals surface area contributed by atoms with Gasteiger partial charge in [0.15, 0.2) is 11.5 Å². The van der Waals surface area contributed by atoms with E-state index in [1.54, 1.807) is 12.3 Å². The van der Waals surface area contributed by atoms with Gasteiger partial charge >= 0.3 is 6.03 Å². The van der Waals surface area contributed by atoms with Crippen molar-refractivity contribution in [2.24, 2.45) is 0 Å². The number of nitrogens with one attached hydrogen (secondary N) is 3. The van der Waals surface area contributed by atoms with Crippen LogP contribution in [0.25, 0.3) is 11.2 Å². The second kappa shape index (κ2) is 9.84. The first-order valence-corrected chi connectivity index (χ1v) is 12.2. The average Bonchev–Trinajstić information content (AvgIpc) is 3.30. The molecule has 0 bridgehead atoms. The monoisotopic (exact) mass is 497 g/mol. The van der Waals surface area contributed by atoms with Crippen LogP contribution in [0, 0.1) is 0 Å². The molecule has 2 aliphatic rings. The second-order valence-electron chi connectivity index (χ2n) is 10.2. The van der Waals surface area contributed by atoms with Crippen molar-refractivity contribution in [3.63, 3.8) is 0 Å². The number of morpholine rings is 1.